The zero-order valence-electron chi connectivity index (χ0n) is 14.7. The van der Waals surface area contributed by atoms with Crippen molar-refractivity contribution in [3.05, 3.63) is 28.8 Å². The topological polar surface area (TPSA) is 110 Å². The van der Waals surface area contributed by atoms with Gasteiger partial charge in [0.2, 0.25) is 5.91 Å². The van der Waals surface area contributed by atoms with Gasteiger partial charge in [0.1, 0.15) is 11.3 Å². The molecule has 2 amide bonds. The van der Waals surface area contributed by atoms with E-state index in [0.29, 0.717) is 24.9 Å². The van der Waals surface area contributed by atoms with Crippen LogP contribution in [0.2, 0.25) is 0 Å². The number of primary amides is 1. The number of nitrogens with two attached hydrogens (primary N) is 1. The first-order chi connectivity index (χ1) is 11.7. The third kappa shape index (κ3) is 4.10. The molecule has 1 heterocycles. The summed E-state index contributed by atoms with van der Waals surface area (Å²) in [6.07, 6.45) is 0.321. The SMILES string of the molecule is Cc1ccc(C(=O)O[C@@H](C)C(=O)N2CCC[C@@H](C(N)=O)C2)c(O)c1C. The van der Waals surface area contributed by atoms with E-state index in [-0.39, 0.29) is 29.7 Å². The number of hydrogen-bond donors (Lipinski definition) is 2. The molecule has 0 aromatic heterocycles. The molecule has 2 rings (SSSR count). The number of ether oxygens (including phenoxy) is 1. The first-order valence-electron chi connectivity index (χ1n) is 8.30. The lowest BCUT2D eigenvalue weighted by Crippen LogP contribution is -2.48. The zero-order chi connectivity index (χ0) is 18.7. The summed E-state index contributed by atoms with van der Waals surface area (Å²) in [5.41, 5.74) is 6.78. The van der Waals surface area contributed by atoms with Gasteiger partial charge in [0.05, 0.1) is 5.92 Å². The van der Waals surface area contributed by atoms with Gasteiger partial charge in [0.25, 0.3) is 5.91 Å². The molecule has 1 aromatic rings. The first-order valence-corrected chi connectivity index (χ1v) is 8.30. The lowest BCUT2D eigenvalue weighted by atomic mass is 9.97. The standard InChI is InChI=1S/C18H24N2O5/c1-10-6-7-14(15(21)11(10)2)18(24)25-12(3)17(23)20-8-4-5-13(9-20)16(19)22/h6-7,12-13,21H,4-5,8-9H2,1-3H3,(H2,19,22)/t12-,13+/m0/s1. The predicted octanol–water partition coefficient (Wildman–Crippen LogP) is 1.28. The van der Waals surface area contributed by atoms with Gasteiger partial charge in [-0.2, -0.15) is 0 Å². The van der Waals surface area contributed by atoms with Crippen molar-refractivity contribution in [1.29, 1.82) is 0 Å². The zero-order valence-corrected chi connectivity index (χ0v) is 14.7. The van der Waals surface area contributed by atoms with Crippen LogP contribution in [-0.2, 0) is 14.3 Å². The number of carbonyl (C=O) groups is 3. The molecule has 136 valence electrons. The molecule has 3 N–H and O–H groups in total. The van der Waals surface area contributed by atoms with Gasteiger partial charge in [-0.1, -0.05) is 6.07 Å². The Morgan fingerprint density at radius 2 is 2.00 bits per heavy atom. The molecule has 1 saturated heterocycles. The molecule has 0 aliphatic carbocycles. The number of aryl methyl sites for hydroxylation is 1. The molecule has 0 radical (unpaired) electrons. The predicted molar refractivity (Wildman–Crippen MR) is 91.0 cm³/mol. The second-order valence-corrected chi connectivity index (χ2v) is 6.48. The van der Waals surface area contributed by atoms with Crippen molar-refractivity contribution in [3.8, 4) is 5.75 Å². The fourth-order valence-electron chi connectivity index (χ4n) is 2.91. The maximum atomic E-state index is 12.5. The van der Waals surface area contributed by atoms with Crippen LogP contribution in [-0.4, -0.2) is 47.0 Å². The van der Waals surface area contributed by atoms with Crippen molar-refractivity contribution >= 4 is 17.8 Å². The van der Waals surface area contributed by atoms with Gasteiger partial charge in [0.15, 0.2) is 6.10 Å². The van der Waals surface area contributed by atoms with Crippen molar-refractivity contribution in [2.24, 2.45) is 11.7 Å². The number of esters is 1. The highest BCUT2D eigenvalue weighted by Crippen LogP contribution is 2.26. The van der Waals surface area contributed by atoms with Gasteiger partial charge in [0, 0.05) is 13.1 Å². The van der Waals surface area contributed by atoms with Crippen LogP contribution in [0.1, 0.15) is 41.3 Å². The van der Waals surface area contributed by atoms with E-state index in [1.165, 1.54) is 17.9 Å². The number of phenolic OH excluding ortho intramolecular Hbond substituents is 1. The molecule has 0 saturated carbocycles. The number of piperidine rings is 1. The highest BCUT2D eigenvalue weighted by Gasteiger charge is 2.31. The summed E-state index contributed by atoms with van der Waals surface area (Å²) in [4.78, 5) is 37.6. The Balaban J connectivity index is 2.05. The van der Waals surface area contributed by atoms with Crippen LogP contribution in [0.3, 0.4) is 0 Å². The van der Waals surface area contributed by atoms with E-state index in [0.717, 1.165) is 5.56 Å². The maximum absolute atomic E-state index is 12.5. The molecule has 1 aliphatic rings. The number of aromatic hydroxyl groups is 1. The minimum Gasteiger partial charge on any atom is -0.507 e. The van der Waals surface area contributed by atoms with Crippen LogP contribution < -0.4 is 5.73 Å². The van der Waals surface area contributed by atoms with E-state index in [2.05, 4.69) is 0 Å². The first kappa shape index (κ1) is 18.8. The summed E-state index contributed by atoms with van der Waals surface area (Å²) < 4.78 is 5.22. The van der Waals surface area contributed by atoms with Gasteiger partial charge in [-0.15, -0.1) is 0 Å². The molecule has 0 unspecified atom stereocenters. The largest absolute Gasteiger partial charge is 0.507 e. The van der Waals surface area contributed by atoms with Crippen LogP contribution in [0.15, 0.2) is 12.1 Å². The van der Waals surface area contributed by atoms with Crippen LogP contribution in [0.4, 0.5) is 0 Å². The van der Waals surface area contributed by atoms with Gasteiger partial charge < -0.3 is 20.5 Å². The summed E-state index contributed by atoms with van der Waals surface area (Å²) in [5.74, 6) is -2.07. The summed E-state index contributed by atoms with van der Waals surface area (Å²) >= 11 is 0. The third-order valence-electron chi connectivity index (χ3n) is 4.69. The molecule has 0 spiro atoms. The monoisotopic (exact) mass is 348 g/mol. The fraction of sp³-hybridized carbons (Fsp3) is 0.500. The second kappa shape index (κ2) is 7.55. The minimum atomic E-state index is -1.01. The maximum Gasteiger partial charge on any atom is 0.342 e. The second-order valence-electron chi connectivity index (χ2n) is 6.48. The van der Waals surface area contributed by atoms with Crippen molar-refractivity contribution in [3.63, 3.8) is 0 Å². The summed E-state index contributed by atoms with van der Waals surface area (Å²) in [7, 11) is 0. The lowest BCUT2D eigenvalue weighted by molar-refractivity contribution is -0.142. The number of carbonyl (C=O) groups excluding carboxylic acids is 3. The Labute approximate surface area is 146 Å². The Kier molecular flexibility index (Phi) is 5.66. The molecule has 1 aliphatic heterocycles. The number of nitrogens with zero attached hydrogens (tertiary/aromatic N) is 1. The third-order valence-corrected chi connectivity index (χ3v) is 4.69. The van der Waals surface area contributed by atoms with E-state index in [4.69, 9.17) is 10.5 Å². The van der Waals surface area contributed by atoms with E-state index in [9.17, 15) is 19.5 Å². The normalized spacial score (nSPS) is 18.5. The quantitative estimate of drug-likeness (QED) is 0.797. The molecule has 25 heavy (non-hydrogen) atoms. The van der Waals surface area contributed by atoms with E-state index >= 15 is 0 Å². The summed E-state index contributed by atoms with van der Waals surface area (Å²) in [5, 5.41) is 10.1. The summed E-state index contributed by atoms with van der Waals surface area (Å²) in [6.45, 7) is 5.74. The lowest BCUT2D eigenvalue weighted by Gasteiger charge is -2.32. The van der Waals surface area contributed by atoms with Gasteiger partial charge >= 0.3 is 5.97 Å². The minimum absolute atomic E-state index is 0.0245. The summed E-state index contributed by atoms with van der Waals surface area (Å²) in [6, 6.07) is 3.18. The molecular formula is C18H24N2O5. The number of likely N-dealkylation sites (tertiary alicyclic amines) is 1. The number of hydrogen-bond acceptors (Lipinski definition) is 5. The van der Waals surface area contributed by atoms with Crippen LogP contribution >= 0.6 is 0 Å². The van der Waals surface area contributed by atoms with Crippen LogP contribution in [0.25, 0.3) is 0 Å². The van der Waals surface area contributed by atoms with Gasteiger partial charge in [-0.25, -0.2) is 4.79 Å². The van der Waals surface area contributed by atoms with E-state index < -0.39 is 18.0 Å². The number of phenols is 1. The Morgan fingerprint density at radius 1 is 1.32 bits per heavy atom. The number of amides is 2. The van der Waals surface area contributed by atoms with Crippen LogP contribution in [0, 0.1) is 19.8 Å². The highest BCUT2D eigenvalue weighted by atomic mass is 16.5. The van der Waals surface area contributed by atoms with Crippen molar-refractivity contribution in [1.82, 2.24) is 4.90 Å². The molecule has 1 fully saturated rings. The average molecular weight is 348 g/mol. The Bertz CT molecular complexity index is 701. The Morgan fingerprint density at radius 3 is 2.64 bits per heavy atom. The van der Waals surface area contributed by atoms with Crippen LogP contribution in [0.5, 0.6) is 5.75 Å². The molecule has 7 heteroatoms. The van der Waals surface area contributed by atoms with Crippen molar-refractivity contribution in [2.45, 2.75) is 39.7 Å². The molecule has 0 bridgehead atoms. The van der Waals surface area contributed by atoms with Crippen molar-refractivity contribution in [2.75, 3.05) is 13.1 Å². The molecular weight excluding hydrogens is 324 g/mol. The fourth-order valence-corrected chi connectivity index (χ4v) is 2.91. The molecule has 2 atom stereocenters. The van der Waals surface area contributed by atoms with Gasteiger partial charge in [-0.3, -0.25) is 9.59 Å². The number of rotatable bonds is 4. The van der Waals surface area contributed by atoms with Gasteiger partial charge in [-0.05, 0) is 50.8 Å². The molecule has 7 nitrogen and oxygen atoms in total. The van der Waals surface area contributed by atoms with Crippen molar-refractivity contribution < 1.29 is 24.2 Å². The molecule has 1 aromatic carbocycles. The smallest absolute Gasteiger partial charge is 0.342 e. The average Bonchev–Trinajstić information content (AvgIpc) is 2.59. The highest BCUT2D eigenvalue weighted by molar-refractivity contribution is 5.95. The Hall–Kier alpha value is -2.57. The van der Waals surface area contributed by atoms with E-state index in [1.807, 2.05) is 6.92 Å². The number of benzene rings is 1. The van der Waals surface area contributed by atoms with E-state index in [1.54, 1.807) is 13.0 Å².